The Balaban J connectivity index is 1.75. The van der Waals surface area contributed by atoms with Crippen LogP contribution in [0.5, 0.6) is 0 Å². The predicted octanol–water partition coefficient (Wildman–Crippen LogP) is 4.49. The number of hydrogen-bond acceptors (Lipinski definition) is 4. The van der Waals surface area contributed by atoms with E-state index in [0.29, 0.717) is 0 Å². The molecule has 3 heterocycles. The molecule has 0 N–H and O–H groups in total. The number of aryl methyl sites for hydroxylation is 1. The van der Waals surface area contributed by atoms with Gasteiger partial charge in [-0.2, -0.15) is 5.10 Å². The molecule has 0 spiro atoms. The van der Waals surface area contributed by atoms with Gasteiger partial charge in [0, 0.05) is 4.88 Å². The van der Waals surface area contributed by atoms with Crippen LogP contribution >= 0.6 is 22.7 Å². The van der Waals surface area contributed by atoms with Gasteiger partial charge in [0.1, 0.15) is 10.7 Å². The largest absolute Gasteiger partial charge is 0.217 e. The second-order valence-corrected chi connectivity index (χ2v) is 6.75. The number of imidazole rings is 1. The molecule has 0 aliphatic rings. The van der Waals surface area contributed by atoms with Gasteiger partial charge in [-0.25, -0.2) is 9.50 Å². The van der Waals surface area contributed by atoms with Crippen molar-refractivity contribution < 1.29 is 0 Å². The minimum Gasteiger partial charge on any atom is -0.217 e. The zero-order valence-corrected chi connectivity index (χ0v) is 12.4. The van der Waals surface area contributed by atoms with Crippen molar-refractivity contribution in [3.63, 3.8) is 0 Å². The molecule has 3 aromatic heterocycles. The molecular formula is C15H11N3S2. The highest BCUT2D eigenvalue weighted by Crippen LogP contribution is 2.34. The van der Waals surface area contributed by atoms with Crippen LogP contribution in [0.25, 0.3) is 26.0 Å². The van der Waals surface area contributed by atoms with Gasteiger partial charge in [-0.3, -0.25) is 0 Å². The number of benzene rings is 1. The molecule has 0 unspecified atom stereocenters. The summed E-state index contributed by atoms with van der Waals surface area (Å²) in [6.45, 7) is 2.00. The van der Waals surface area contributed by atoms with Crippen LogP contribution < -0.4 is 0 Å². The maximum absolute atomic E-state index is 4.64. The Labute approximate surface area is 124 Å². The molecule has 0 fully saturated rings. The molecule has 20 heavy (non-hydrogen) atoms. The predicted molar refractivity (Wildman–Crippen MR) is 84.4 cm³/mol. The van der Waals surface area contributed by atoms with E-state index in [9.17, 15) is 0 Å². The van der Waals surface area contributed by atoms with Crippen LogP contribution in [0.15, 0.2) is 48.7 Å². The van der Waals surface area contributed by atoms with Crippen LogP contribution in [0, 0.1) is 6.92 Å². The normalized spacial score (nSPS) is 11.2. The molecule has 5 heteroatoms. The van der Waals surface area contributed by atoms with Crippen molar-refractivity contribution in [2.75, 3.05) is 0 Å². The highest BCUT2D eigenvalue weighted by Gasteiger charge is 2.10. The van der Waals surface area contributed by atoms with E-state index in [-0.39, 0.29) is 0 Å². The molecule has 0 aliphatic heterocycles. The van der Waals surface area contributed by atoms with E-state index in [4.69, 9.17) is 0 Å². The van der Waals surface area contributed by atoms with Gasteiger partial charge < -0.3 is 0 Å². The standard InChI is InChI=1S/C15H11N3S2/c1-10-17-18-9-12(16-15(18)19-10)14-8-7-13(20-14)11-5-3-2-4-6-11/h2-9H,1H3. The molecule has 0 bridgehead atoms. The Hall–Kier alpha value is -1.98. The molecule has 0 amide bonds. The third kappa shape index (κ3) is 1.95. The third-order valence-corrected chi connectivity index (χ3v) is 5.06. The van der Waals surface area contributed by atoms with Crippen LogP contribution in [-0.4, -0.2) is 14.6 Å². The van der Waals surface area contributed by atoms with Gasteiger partial charge >= 0.3 is 0 Å². The summed E-state index contributed by atoms with van der Waals surface area (Å²) in [5, 5.41) is 5.44. The maximum Gasteiger partial charge on any atom is 0.212 e. The van der Waals surface area contributed by atoms with Gasteiger partial charge in [-0.1, -0.05) is 41.7 Å². The summed E-state index contributed by atoms with van der Waals surface area (Å²) in [4.78, 5) is 8.04. The zero-order chi connectivity index (χ0) is 13.5. The van der Waals surface area contributed by atoms with Gasteiger partial charge in [-0.05, 0) is 24.6 Å². The smallest absolute Gasteiger partial charge is 0.212 e. The molecule has 1 aromatic carbocycles. The van der Waals surface area contributed by atoms with Crippen LogP contribution in [0.4, 0.5) is 0 Å². The highest BCUT2D eigenvalue weighted by molar-refractivity contribution is 7.19. The Morgan fingerprint density at radius 3 is 2.55 bits per heavy atom. The number of rotatable bonds is 2. The summed E-state index contributed by atoms with van der Waals surface area (Å²) in [7, 11) is 0. The van der Waals surface area contributed by atoms with E-state index < -0.39 is 0 Å². The van der Waals surface area contributed by atoms with Gasteiger partial charge in [0.25, 0.3) is 0 Å². The quantitative estimate of drug-likeness (QED) is 0.545. The summed E-state index contributed by atoms with van der Waals surface area (Å²) >= 11 is 3.38. The monoisotopic (exact) mass is 297 g/mol. The lowest BCUT2D eigenvalue weighted by atomic mass is 10.2. The first kappa shape index (κ1) is 11.8. The van der Waals surface area contributed by atoms with Crippen molar-refractivity contribution in [2.45, 2.75) is 6.92 Å². The first-order chi connectivity index (χ1) is 9.79. The molecule has 0 atom stereocenters. The third-order valence-electron chi connectivity index (χ3n) is 3.06. The van der Waals surface area contributed by atoms with E-state index in [1.165, 1.54) is 15.3 Å². The maximum atomic E-state index is 4.64. The molecule has 4 rings (SSSR count). The summed E-state index contributed by atoms with van der Waals surface area (Å²) in [5.41, 5.74) is 2.25. The van der Waals surface area contributed by atoms with E-state index >= 15 is 0 Å². The second kappa shape index (κ2) is 4.54. The van der Waals surface area contributed by atoms with Gasteiger partial charge in [0.05, 0.1) is 11.1 Å². The summed E-state index contributed by atoms with van der Waals surface area (Å²) in [5.74, 6) is 0. The minimum atomic E-state index is 0.951. The molecule has 4 aromatic rings. The lowest BCUT2D eigenvalue weighted by Crippen LogP contribution is -1.79. The van der Waals surface area contributed by atoms with E-state index in [2.05, 4.69) is 46.5 Å². The van der Waals surface area contributed by atoms with E-state index in [1.54, 1.807) is 22.7 Å². The molecule has 3 nitrogen and oxygen atoms in total. The van der Waals surface area contributed by atoms with Crippen molar-refractivity contribution >= 4 is 27.6 Å². The average Bonchev–Trinajstić information content (AvgIpc) is 3.12. The number of nitrogens with zero attached hydrogens (tertiary/aromatic N) is 3. The Kier molecular flexibility index (Phi) is 2.68. The minimum absolute atomic E-state index is 0.951. The molecule has 98 valence electrons. The fraction of sp³-hybridized carbons (Fsp3) is 0.0667. The van der Waals surface area contributed by atoms with Crippen molar-refractivity contribution in [2.24, 2.45) is 0 Å². The fourth-order valence-corrected chi connectivity index (χ4v) is 3.84. The summed E-state index contributed by atoms with van der Waals surface area (Å²) in [6, 6.07) is 14.7. The van der Waals surface area contributed by atoms with Gasteiger partial charge in [0.15, 0.2) is 0 Å². The highest BCUT2D eigenvalue weighted by atomic mass is 32.1. The summed E-state index contributed by atoms with van der Waals surface area (Å²) in [6.07, 6.45) is 2.00. The Morgan fingerprint density at radius 2 is 1.75 bits per heavy atom. The topological polar surface area (TPSA) is 30.2 Å². The van der Waals surface area contributed by atoms with Crippen molar-refractivity contribution in [3.05, 3.63) is 53.7 Å². The van der Waals surface area contributed by atoms with Crippen LogP contribution in [0.1, 0.15) is 5.01 Å². The SMILES string of the molecule is Cc1nn2cc(-c3ccc(-c4ccccc4)s3)nc2s1. The number of thiophene rings is 1. The summed E-state index contributed by atoms with van der Waals surface area (Å²) < 4.78 is 1.86. The first-order valence-corrected chi connectivity index (χ1v) is 7.91. The van der Waals surface area contributed by atoms with Crippen LogP contribution in [0.2, 0.25) is 0 Å². The lowest BCUT2D eigenvalue weighted by molar-refractivity contribution is 0.946. The number of fused-ring (bicyclic) bond motifs is 1. The van der Waals surface area contributed by atoms with Gasteiger partial charge in [0.2, 0.25) is 4.96 Å². The van der Waals surface area contributed by atoms with Crippen LogP contribution in [-0.2, 0) is 0 Å². The van der Waals surface area contributed by atoms with Crippen molar-refractivity contribution in [3.8, 4) is 21.0 Å². The Bertz CT molecular complexity index is 839. The number of hydrogen-bond donors (Lipinski definition) is 0. The number of aromatic nitrogens is 3. The van der Waals surface area contributed by atoms with Crippen LogP contribution in [0.3, 0.4) is 0 Å². The molecule has 0 saturated heterocycles. The molecule has 0 radical (unpaired) electrons. The molecular weight excluding hydrogens is 286 g/mol. The molecule has 0 aliphatic carbocycles. The molecule has 0 saturated carbocycles. The van der Waals surface area contributed by atoms with E-state index in [0.717, 1.165) is 15.7 Å². The first-order valence-electron chi connectivity index (χ1n) is 6.28. The van der Waals surface area contributed by atoms with Crippen molar-refractivity contribution in [1.29, 1.82) is 0 Å². The second-order valence-electron chi connectivity index (χ2n) is 4.50. The van der Waals surface area contributed by atoms with Crippen molar-refractivity contribution in [1.82, 2.24) is 14.6 Å². The zero-order valence-electron chi connectivity index (χ0n) is 10.8. The van der Waals surface area contributed by atoms with E-state index in [1.807, 2.05) is 23.7 Å². The average molecular weight is 297 g/mol. The van der Waals surface area contributed by atoms with Gasteiger partial charge in [-0.15, -0.1) is 11.3 Å². The fourth-order valence-electron chi connectivity index (χ4n) is 2.15. The lowest BCUT2D eigenvalue weighted by Gasteiger charge is -1.94. The Morgan fingerprint density at radius 1 is 0.950 bits per heavy atom.